The molecule has 12 heteroatoms. The van der Waals surface area contributed by atoms with Gasteiger partial charge < -0.3 is 35.1 Å². The number of benzene rings is 2. The number of fused-ring (bicyclic) bond motifs is 5. The minimum atomic E-state index is -2.66. The minimum Gasteiger partial charge on any atom is -0.508 e. The fourth-order valence-electron chi connectivity index (χ4n) is 7.08. The van der Waals surface area contributed by atoms with E-state index in [-0.39, 0.29) is 35.5 Å². The summed E-state index contributed by atoms with van der Waals surface area (Å²) in [6, 6.07) is 8.15. The van der Waals surface area contributed by atoms with Gasteiger partial charge >= 0.3 is 0 Å². The van der Waals surface area contributed by atoms with Crippen molar-refractivity contribution in [3.8, 4) is 5.75 Å². The number of primary amides is 1. The van der Waals surface area contributed by atoms with Gasteiger partial charge in [-0.05, 0) is 68.3 Å². The number of aromatic nitrogens is 1. The molecule has 4 atom stereocenters. The van der Waals surface area contributed by atoms with Gasteiger partial charge in [0.2, 0.25) is 11.7 Å². The Labute approximate surface area is 258 Å². The number of Topliss-reactive ketones (excluding diaryl/α,β-unsaturated/α-hetero) is 2. The zero-order valence-electron chi connectivity index (χ0n) is 25.5. The molecule has 6 rings (SSSR count). The third-order valence-corrected chi connectivity index (χ3v) is 9.09. The van der Waals surface area contributed by atoms with E-state index in [1.165, 1.54) is 4.90 Å². The molecule has 45 heavy (non-hydrogen) atoms. The maximum absolute atomic E-state index is 14.2. The Kier molecular flexibility index (Phi) is 7.09. The Balaban J connectivity index is 1.53. The van der Waals surface area contributed by atoms with Gasteiger partial charge in [-0.3, -0.25) is 19.3 Å². The largest absolute Gasteiger partial charge is 0.508 e. The number of ketones is 2. The van der Waals surface area contributed by atoms with Crippen LogP contribution in [0.2, 0.25) is 0 Å². The van der Waals surface area contributed by atoms with Gasteiger partial charge in [0.1, 0.15) is 28.4 Å². The molecule has 3 aliphatic rings. The van der Waals surface area contributed by atoms with Crippen molar-refractivity contribution in [1.29, 1.82) is 0 Å². The van der Waals surface area contributed by atoms with Crippen LogP contribution in [-0.4, -0.2) is 89.6 Å². The van der Waals surface area contributed by atoms with Crippen LogP contribution < -0.4 is 15.4 Å². The summed E-state index contributed by atoms with van der Waals surface area (Å²) >= 11 is 0. The van der Waals surface area contributed by atoms with Crippen molar-refractivity contribution in [1.82, 2.24) is 9.88 Å². The van der Waals surface area contributed by atoms with Gasteiger partial charge in [0.15, 0.2) is 17.0 Å². The molecule has 0 bridgehead atoms. The second-order valence-corrected chi connectivity index (χ2v) is 12.1. The number of aliphatic hydroxyl groups is 3. The van der Waals surface area contributed by atoms with E-state index in [0.717, 1.165) is 11.3 Å². The second kappa shape index (κ2) is 10.6. The van der Waals surface area contributed by atoms with Gasteiger partial charge in [-0.1, -0.05) is 12.1 Å². The number of carbonyl (C=O) groups is 3. The maximum atomic E-state index is 14.2. The van der Waals surface area contributed by atoms with Crippen molar-refractivity contribution < 1.29 is 38.9 Å². The Morgan fingerprint density at radius 3 is 2.53 bits per heavy atom. The number of aliphatic hydroxyl groups excluding tert-OH is 2. The third-order valence-electron chi connectivity index (χ3n) is 9.09. The summed E-state index contributed by atoms with van der Waals surface area (Å²) in [5, 5.41) is 34.9. The number of amides is 1. The Hall–Kier alpha value is -4.94. The van der Waals surface area contributed by atoms with E-state index in [1.807, 2.05) is 49.3 Å². The molecule has 2 aromatic carbocycles. The van der Waals surface area contributed by atoms with Crippen molar-refractivity contribution in [3.63, 3.8) is 0 Å². The van der Waals surface area contributed by atoms with E-state index in [4.69, 9.17) is 14.9 Å². The van der Waals surface area contributed by atoms with Crippen LogP contribution in [0.3, 0.4) is 0 Å². The molecule has 0 aliphatic heterocycles. The van der Waals surface area contributed by atoms with Gasteiger partial charge in [-0.15, -0.1) is 0 Å². The van der Waals surface area contributed by atoms with Crippen LogP contribution in [0.25, 0.3) is 29.0 Å². The predicted octanol–water partition coefficient (Wildman–Crippen LogP) is 2.64. The fourth-order valence-corrected chi connectivity index (χ4v) is 7.08. The van der Waals surface area contributed by atoms with E-state index in [1.54, 1.807) is 33.4 Å². The SMILES string of the molecule is COc1cccc(/C=C/c2nc3cc(N(C)C)c4c(c3o2)C(O)=C2C(=O)C3(O)C(O)=C(C(N)=O)C(=O)[C@@H](N(C)C)[C@@H]3C[C@@H]2C4)c1. The maximum Gasteiger partial charge on any atom is 0.255 e. The smallest absolute Gasteiger partial charge is 0.255 e. The van der Waals surface area contributed by atoms with E-state index in [0.29, 0.717) is 16.8 Å². The molecule has 1 aromatic heterocycles. The van der Waals surface area contributed by atoms with Gasteiger partial charge in [-0.2, -0.15) is 0 Å². The number of methoxy groups -OCH3 is 1. The molecule has 0 spiro atoms. The molecule has 1 unspecified atom stereocenters. The van der Waals surface area contributed by atoms with Crippen LogP contribution in [0, 0.1) is 11.8 Å². The highest BCUT2D eigenvalue weighted by Gasteiger charge is 2.64. The predicted molar refractivity (Wildman–Crippen MR) is 166 cm³/mol. The lowest BCUT2D eigenvalue weighted by atomic mass is 9.57. The molecule has 234 valence electrons. The van der Waals surface area contributed by atoms with Crippen molar-refractivity contribution >= 4 is 52.2 Å². The number of likely N-dealkylation sites (N-methyl/N-ethyl adjacent to an activating group) is 1. The molecule has 1 saturated carbocycles. The number of nitrogens with two attached hydrogens (primary N) is 1. The molecule has 1 fully saturated rings. The zero-order chi connectivity index (χ0) is 32.5. The molecule has 12 nitrogen and oxygen atoms in total. The number of ether oxygens (including phenoxy) is 1. The van der Waals surface area contributed by atoms with Gasteiger partial charge in [0, 0.05) is 37.3 Å². The van der Waals surface area contributed by atoms with Crippen molar-refractivity contribution in [2.75, 3.05) is 40.2 Å². The average molecular weight is 615 g/mol. The van der Waals surface area contributed by atoms with Crippen LogP contribution in [-0.2, 0) is 20.8 Å². The Bertz CT molecular complexity index is 1880. The summed E-state index contributed by atoms with van der Waals surface area (Å²) in [4.78, 5) is 47.8. The van der Waals surface area contributed by atoms with E-state index in [9.17, 15) is 29.7 Å². The first-order valence-electron chi connectivity index (χ1n) is 14.4. The Morgan fingerprint density at radius 1 is 1.16 bits per heavy atom. The van der Waals surface area contributed by atoms with E-state index < -0.39 is 58.0 Å². The van der Waals surface area contributed by atoms with Crippen LogP contribution in [0.5, 0.6) is 5.75 Å². The molecular weight excluding hydrogens is 580 g/mol. The van der Waals surface area contributed by atoms with Gasteiger partial charge in [0.25, 0.3) is 5.91 Å². The average Bonchev–Trinajstić information content (AvgIpc) is 3.40. The fraction of sp³-hybridized carbons (Fsp3) is 0.333. The van der Waals surface area contributed by atoms with Crippen molar-refractivity contribution in [2.45, 2.75) is 24.5 Å². The number of rotatable bonds is 6. The molecular formula is C33H34N4O8. The summed E-state index contributed by atoms with van der Waals surface area (Å²) in [5.74, 6) is -5.31. The molecule has 3 aliphatic carbocycles. The number of nitrogens with zero attached hydrogens (tertiary/aromatic N) is 3. The summed E-state index contributed by atoms with van der Waals surface area (Å²) in [6.45, 7) is 0. The number of hydrogen-bond donors (Lipinski definition) is 4. The summed E-state index contributed by atoms with van der Waals surface area (Å²) in [5.41, 5.74) is 5.06. The molecule has 0 radical (unpaired) electrons. The minimum absolute atomic E-state index is 0.0571. The standard InChI is InChI=1S/C33H34N4O8/c1-36(2)21-14-20-29(45-22(35-20)10-9-15-7-6-8-17(11-15)44-5)24-18(21)12-16-13-19-26(37(3)4)28(39)25(32(34)42)31(41)33(19,43)30(40)23(16)27(24)38/h6-11,14,16,19,26,38,41,43H,12-13H2,1-5H3,(H2,34,42)/b10-9+/t16-,19-,26-,33?/m0/s1. The second-order valence-electron chi connectivity index (χ2n) is 12.1. The highest BCUT2D eigenvalue weighted by molar-refractivity contribution is 6.24. The lowest BCUT2D eigenvalue weighted by Gasteiger charge is -2.50. The van der Waals surface area contributed by atoms with Crippen LogP contribution in [0.1, 0.15) is 29.0 Å². The molecule has 3 aromatic rings. The van der Waals surface area contributed by atoms with Crippen LogP contribution >= 0.6 is 0 Å². The molecule has 1 heterocycles. The normalized spacial score (nSPS) is 24.7. The Morgan fingerprint density at radius 2 is 1.89 bits per heavy atom. The first-order valence-corrected chi connectivity index (χ1v) is 14.4. The molecule has 1 amide bonds. The summed E-state index contributed by atoms with van der Waals surface area (Å²) in [7, 11) is 8.45. The highest BCUT2D eigenvalue weighted by Crippen LogP contribution is 2.53. The summed E-state index contributed by atoms with van der Waals surface area (Å²) < 4.78 is 11.4. The summed E-state index contributed by atoms with van der Waals surface area (Å²) in [6.07, 6.45) is 3.81. The first-order chi connectivity index (χ1) is 21.3. The number of oxazole rings is 1. The number of hydrogen-bond acceptors (Lipinski definition) is 11. The lowest BCUT2D eigenvalue weighted by molar-refractivity contribution is -0.153. The topological polar surface area (TPSA) is 180 Å². The van der Waals surface area contributed by atoms with Crippen molar-refractivity contribution in [3.05, 3.63) is 69.8 Å². The van der Waals surface area contributed by atoms with Crippen LogP contribution in [0.15, 0.2) is 51.7 Å². The highest BCUT2D eigenvalue weighted by atomic mass is 16.5. The van der Waals surface area contributed by atoms with Gasteiger partial charge in [-0.25, -0.2) is 4.98 Å². The van der Waals surface area contributed by atoms with Crippen molar-refractivity contribution in [2.24, 2.45) is 17.6 Å². The molecule has 5 N–H and O–H groups in total. The first kappa shape index (κ1) is 30.1. The third kappa shape index (κ3) is 4.43. The molecule has 0 saturated heterocycles. The quantitative estimate of drug-likeness (QED) is 0.300. The monoisotopic (exact) mass is 614 g/mol. The van der Waals surface area contributed by atoms with Gasteiger partial charge in [0.05, 0.1) is 18.7 Å². The van der Waals surface area contributed by atoms with E-state index >= 15 is 0 Å². The van der Waals surface area contributed by atoms with E-state index in [2.05, 4.69) is 4.98 Å². The lowest BCUT2D eigenvalue weighted by Crippen LogP contribution is -2.65. The van der Waals surface area contributed by atoms with Crippen LogP contribution in [0.4, 0.5) is 5.69 Å². The number of anilines is 1. The zero-order valence-corrected chi connectivity index (χ0v) is 25.5. The number of carbonyl (C=O) groups excluding carboxylic acids is 3.